The molecule has 0 amide bonds. The molecule has 0 saturated carbocycles. The van der Waals surface area contributed by atoms with Gasteiger partial charge in [-0.2, -0.15) is 27.1 Å². The van der Waals surface area contributed by atoms with E-state index in [1.165, 1.54) is 20.8 Å². The average molecular weight is 334 g/mol. The Balaban J connectivity index is 3.37. The van der Waals surface area contributed by atoms with Crippen LogP contribution in [0.2, 0.25) is 0 Å². The number of alkyl halides is 5. The minimum atomic E-state index is -5.79. The zero-order valence-corrected chi connectivity index (χ0v) is 12.6. The first-order valence-electron chi connectivity index (χ1n) is 5.78. The molecule has 0 radical (unpaired) electrons. The molecule has 1 heterocycles. The third-order valence-corrected chi connectivity index (χ3v) is 5.25. The highest BCUT2D eigenvalue weighted by atomic mass is 32.2. The van der Waals surface area contributed by atoms with Crippen molar-refractivity contribution in [1.29, 1.82) is 0 Å². The molecule has 0 N–H and O–H groups in total. The van der Waals surface area contributed by atoms with Gasteiger partial charge in [-0.1, -0.05) is 0 Å². The van der Waals surface area contributed by atoms with Crippen LogP contribution in [0.1, 0.15) is 25.2 Å². The van der Waals surface area contributed by atoms with Crippen molar-refractivity contribution in [3.8, 4) is 0 Å². The second-order valence-corrected chi connectivity index (χ2v) is 8.08. The normalized spacial score (nSPS) is 14.5. The number of nitrogens with zero attached hydrogens (tertiary/aromatic N) is 2. The lowest BCUT2D eigenvalue weighted by atomic mass is 10.2. The van der Waals surface area contributed by atoms with E-state index in [2.05, 4.69) is 5.10 Å². The molecule has 122 valence electrons. The molecule has 0 atom stereocenters. The van der Waals surface area contributed by atoms with E-state index in [0.29, 0.717) is 10.7 Å². The Kier molecular flexibility index (Phi) is 4.19. The van der Waals surface area contributed by atoms with Crippen molar-refractivity contribution in [2.24, 2.45) is 0 Å². The first kappa shape index (κ1) is 17.9. The number of hydrogen-bond donors (Lipinski definition) is 0. The summed E-state index contributed by atoms with van der Waals surface area (Å²) in [6.07, 6.45) is -4.91. The van der Waals surface area contributed by atoms with E-state index >= 15 is 0 Å². The van der Waals surface area contributed by atoms with E-state index in [0.717, 1.165) is 6.26 Å². The predicted octanol–water partition coefficient (Wildman–Crippen LogP) is 2.67. The predicted molar refractivity (Wildman–Crippen MR) is 65.8 cm³/mol. The van der Waals surface area contributed by atoms with Crippen LogP contribution in [0.3, 0.4) is 0 Å². The van der Waals surface area contributed by atoms with Crippen molar-refractivity contribution in [2.45, 2.75) is 44.2 Å². The minimum Gasteiger partial charge on any atom is -0.261 e. The lowest BCUT2D eigenvalue weighted by Crippen LogP contribution is -2.40. The van der Waals surface area contributed by atoms with Crippen LogP contribution in [0, 0.1) is 6.92 Å². The van der Waals surface area contributed by atoms with Gasteiger partial charge in [-0.25, -0.2) is 8.42 Å². The minimum absolute atomic E-state index is 0.0572. The number of aromatic nitrogens is 2. The van der Waals surface area contributed by atoms with Crippen molar-refractivity contribution >= 4 is 9.84 Å². The van der Waals surface area contributed by atoms with Gasteiger partial charge >= 0.3 is 12.1 Å². The fourth-order valence-electron chi connectivity index (χ4n) is 1.54. The van der Waals surface area contributed by atoms with Gasteiger partial charge in [0.05, 0.1) is 17.0 Å². The van der Waals surface area contributed by atoms with Gasteiger partial charge in [0.2, 0.25) is 0 Å². The molecule has 0 spiro atoms. The summed E-state index contributed by atoms with van der Waals surface area (Å²) in [5, 5.41) is 3.56. The smallest absolute Gasteiger partial charge is 0.261 e. The van der Waals surface area contributed by atoms with Crippen molar-refractivity contribution < 1.29 is 30.4 Å². The number of aryl methyl sites for hydroxylation is 1. The van der Waals surface area contributed by atoms with Gasteiger partial charge in [-0.05, 0) is 26.8 Å². The van der Waals surface area contributed by atoms with E-state index in [-0.39, 0.29) is 5.69 Å². The van der Waals surface area contributed by atoms with Gasteiger partial charge < -0.3 is 0 Å². The van der Waals surface area contributed by atoms with Crippen LogP contribution in [0.4, 0.5) is 22.0 Å². The average Bonchev–Trinajstić information content (AvgIpc) is 2.55. The second kappa shape index (κ2) is 4.92. The van der Waals surface area contributed by atoms with Gasteiger partial charge in [0, 0.05) is 6.26 Å². The maximum absolute atomic E-state index is 13.5. The summed E-state index contributed by atoms with van der Waals surface area (Å²) in [6.45, 7) is 3.10. The van der Waals surface area contributed by atoms with Crippen LogP contribution in [0.5, 0.6) is 0 Å². The van der Waals surface area contributed by atoms with Crippen LogP contribution in [0.25, 0.3) is 0 Å². The molecule has 10 heteroatoms. The Hall–Kier alpha value is -1.19. The standard InChI is InChI=1S/C11H15F5N2O2S/c1-7-5-8(10(12,13)11(14,15)16)18(17-7)6-9(2,3)21(4,19)20/h5H,6H2,1-4H3. The maximum Gasteiger partial charge on any atom is 0.459 e. The molecule has 1 aromatic heterocycles. The fourth-order valence-corrected chi connectivity index (χ4v) is 1.90. The van der Waals surface area contributed by atoms with Crippen LogP contribution in [-0.2, 0) is 22.3 Å². The SMILES string of the molecule is Cc1cc(C(F)(F)C(F)(F)F)n(CC(C)(C)S(C)(=O)=O)n1. The molecule has 0 bridgehead atoms. The summed E-state index contributed by atoms with van der Waals surface area (Å²) < 4.78 is 86.4. The monoisotopic (exact) mass is 334 g/mol. The molecule has 0 aliphatic rings. The highest BCUT2D eigenvalue weighted by molar-refractivity contribution is 7.92. The molecule has 0 unspecified atom stereocenters. The fraction of sp³-hybridized carbons (Fsp3) is 0.727. The van der Waals surface area contributed by atoms with Gasteiger partial charge in [-0.3, -0.25) is 4.68 Å². The molecule has 1 rings (SSSR count). The number of sulfone groups is 1. The third kappa shape index (κ3) is 3.35. The maximum atomic E-state index is 13.5. The largest absolute Gasteiger partial charge is 0.459 e. The number of rotatable bonds is 4. The summed E-state index contributed by atoms with van der Waals surface area (Å²) in [6, 6.07) is 0.603. The van der Waals surface area contributed by atoms with Crippen molar-refractivity contribution in [3.63, 3.8) is 0 Å². The van der Waals surface area contributed by atoms with Gasteiger partial charge in [-0.15, -0.1) is 0 Å². The summed E-state index contributed by atoms with van der Waals surface area (Å²) in [5.74, 6) is -5.11. The van der Waals surface area contributed by atoms with Crippen LogP contribution in [0.15, 0.2) is 6.07 Å². The summed E-state index contributed by atoms with van der Waals surface area (Å²) in [4.78, 5) is 0. The first-order valence-corrected chi connectivity index (χ1v) is 7.68. The van der Waals surface area contributed by atoms with Gasteiger partial charge in [0.15, 0.2) is 9.84 Å². The van der Waals surface area contributed by atoms with E-state index in [9.17, 15) is 30.4 Å². The molecule has 0 aliphatic heterocycles. The van der Waals surface area contributed by atoms with Gasteiger partial charge in [0.1, 0.15) is 5.69 Å². The van der Waals surface area contributed by atoms with Crippen LogP contribution >= 0.6 is 0 Å². The molecule has 0 aromatic carbocycles. The Morgan fingerprint density at radius 2 is 1.67 bits per heavy atom. The summed E-state index contributed by atoms with van der Waals surface area (Å²) >= 11 is 0. The van der Waals surface area contributed by atoms with Crippen molar-refractivity contribution in [2.75, 3.05) is 6.26 Å². The quantitative estimate of drug-likeness (QED) is 0.796. The zero-order chi connectivity index (χ0) is 16.9. The number of hydrogen-bond acceptors (Lipinski definition) is 3. The molecular formula is C11H15F5N2O2S. The summed E-state index contributed by atoms with van der Waals surface area (Å²) in [7, 11) is -3.68. The molecule has 4 nitrogen and oxygen atoms in total. The Labute approximate surface area is 118 Å². The van der Waals surface area contributed by atoms with E-state index < -0.39 is 38.9 Å². The van der Waals surface area contributed by atoms with E-state index in [1.807, 2.05) is 0 Å². The van der Waals surface area contributed by atoms with E-state index in [4.69, 9.17) is 0 Å². The Morgan fingerprint density at radius 1 is 1.19 bits per heavy atom. The summed E-state index contributed by atoms with van der Waals surface area (Å²) in [5.41, 5.74) is -1.43. The first-order chi connectivity index (χ1) is 9.09. The molecule has 21 heavy (non-hydrogen) atoms. The molecule has 0 aliphatic carbocycles. The Bertz CT molecular complexity index is 632. The topological polar surface area (TPSA) is 52.0 Å². The lowest BCUT2D eigenvalue weighted by Gasteiger charge is -2.26. The van der Waals surface area contributed by atoms with Crippen LogP contribution < -0.4 is 0 Å². The lowest BCUT2D eigenvalue weighted by molar-refractivity contribution is -0.292. The zero-order valence-electron chi connectivity index (χ0n) is 11.8. The van der Waals surface area contributed by atoms with Gasteiger partial charge in [0.25, 0.3) is 0 Å². The highest BCUT2D eigenvalue weighted by Crippen LogP contribution is 2.44. The highest BCUT2D eigenvalue weighted by Gasteiger charge is 2.61. The molecule has 1 aromatic rings. The van der Waals surface area contributed by atoms with Crippen LogP contribution in [-0.4, -0.2) is 35.4 Å². The molecular weight excluding hydrogens is 319 g/mol. The van der Waals surface area contributed by atoms with Crippen molar-refractivity contribution in [3.05, 3.63) is 17.5 Å². The van der Waals surface area contributed by atoms with E-state index in [1.54, 1.807) is 0 Å². The molecule has 0 saturated heterocycles. The number of halogens is 5. The molecule has 0 fully saturated rings. The second-order valence-electron chi connectivity index (χ2n) is 5.43. The Morgan fingerprint density at radius 3 is 2.05 bits per heavy atom. The third-order valence-electron chi connectivity index (χ3n) is 3.11. The van der Waals surface area contributed by atoms with Crippen molar-refractivity contribution in [1.82, 2.24) is 9.78 Å².